The average Bonchev–Trinajstić information content (AvgIpc) is 2.59. The molecule has 0 amide bonds. The van der Waals surface area contributed by atoms with Gasteiger partial charge < -0.3 is 9.84 Å². The van der Waals surface area contributed by atoms with Gasteiger partial charge in [-0.15, -0.1) is 0 Å². The van der Waals surface area contributed by atoms with Gasteiger partial charge in [-0.05, 0) is 24.3 Å². The Hall–Kier alpha value is -2.85. The highest BCUT2D eigenvalue weighted by molar-refractivity contribution is 7.92. The lowest BCUT2D eigenvalue weighted by molar-refractivity contribution is -0.385. The Balaban J connectivity index is 2.58. The van der Waals surface area contributed by atoms with Crippen molar-refractivity contribution in [1.82, 2.24) is 0 Å². The number of nitro groups is 1. The summed E-state index contributed by atoms with van der Waals surface area (Å²) in [6.45, 7) is -0.895. The van der Waals surface area contributed by atoms with Gasteiger partial charge in [0.1, 0.15) is 12.3 Å². The minimum atomic E-state index is -4.39. The topological polar surface area (TPSA) is 127 Å². The zero-order valence-corrected chi connectivity index (χ0v) is 14.9. The molecule has 0 unspecified atom stereocenters. The highest BCUT2D eigenvalue weighted by atomic mass is 35.5. The number of halogens is 1. The van der Waals surface area contributed by atoms with Crippen molar-refractivity contribution in [2.24, 2.45) is 0 Å². The van der Waals surface area contributed by atoms with Crippen molar-refractivity contribution < 1.29 is 28.0 Å². The number of nitrogens with zero attached hydrogens (tertiary/aromatic N) is 2. The van der Waals surface area contributed by atoms with Crippen molar-refractivity contribution >= 4 is 39.0 Å². The van der Waals surface area contributed by atoms with Gasteiger partial charge >= 0.3 is 5.97 Å². The molecule has 0 fully saturated rings. The Kier molecular flexibility index (Phi) is 5.68. The van der Waals surface area contributed by atoms with Gasteiger partial charge in [-0.1, -0.05) is 17.7 Å². The monoisotopic (exact) mass is 400 g/mol. The second-order valence-electron chi connectivity index (χ2n) is 4.98. The number of nitro benzene ring substituents is 1. The summed E-state index contributed by atoms with van der Waals surface area (Å²) in [5.74, 6) is -1.13. The van der Waals surface area contributed by atoms with Crippen LogP contribution in [0, 0.1) is 10.1 Å². The predicted molar refractivity (Wildman–Crippen MR) is 93.3 cm³/mol. The van der Waals surface area contributed by atoms with Gasteiger partial charge in [0.25, 0.3) is 15.7 Å². The number of methoxy groups -OCH3 is 1. The number of aliphatic carboxylic acids is 1. The van der Waals surface area contributed by atoms with Crippen LogP contribution in [0.5, 0.6) is 5.75 Å². The molecule has 0 aromatic heterocycles. The van der Waals surface area contributed by atoms with E-state index in [9.17, 15) is 23.3 Å². The van der Waals surface area contributed by atoms with Crippen LogP contribution in [0.3, 0.4) is 0 Å². The minimum Gasteiger partial charge on any atom is -0.495 e. The summed E-state index contributed by atoms with van der Waals surface area (Å²) < 4.78 is 31.3. The summed E-state index contributed by atoms with van der Waals surface area (Å²) in [7, 11) is -3.02. The molecule has 26 heavy (non-hydrogen) atoms. The third-order valence-corrected chi connectivity index (χ3v) is 5.38. The molecular weight excluding hydrogens is 388 g/mol. The van der Waals surface area contributed by atoms with E-state index in [0.717, 1.165) is 18.2 Å². The van der Waals surface area contributed by atoms with Gasteiger partial charge in [-0.25, -0.2) is 8.42 Å². The lowest BCUT2D eigenvalue weighted by Crippen LogP contribution is -2.35. The molecule has 0 aliphatic heterocycles. The molecular formula is C15H13ClN2O7S. The van der Waals surface area contributed by atoms with Gasteiger partial charge in [0.05, 0.1) is 27.6 Å². The summed E-state index contributed by atoms with van der Waals surface area (Å²) in [6, 6.07) is 8.27. The summed E-state index contributed by atoms with van der Waals surface area (Å²) in [5, 5.41) is 20.1. The molecule has 0 bridgehead atoms. The molecule has 9 nitrogen and oxygen atoms in total. The van der Waals surface area contributed by atoms with Crippen molar-refractivity contribution in [2.45, 2.75) is 4.90 Å². The number of hydrogen-bond donors (Lipinski definition) is 1. The van der Waals surface area contributed by atoms with E-state index in [0.29, 0.717) is 4.31 Å². The molecule has 138 valence electrons. The first kappa shape index (κ1) is 19.5. The number of carbonyl (C=O) groups is 1. The SMILES string of the molecule is COc1ccc(N(CC(=O)O)S(=O)(=O)c2cccc([N+](=O)[O-])c2)cc1Cl. The van der Waals surface area contributed by atoms with Gasteiger partial charge in [-0.2, -0.15) is 0 Å². The molecule has 0 spiro atoms. The van der Waals surface area contributed by atoms with Crippen LogP contribution in [-0.2, 0) is 14.8 Å². The number of carboxylic acid groups (broad SMARTS) is 1. The Bertz CT molecular complexity index is 962. The molecule has 0 aliphatic carbocycles. The van der Waals surface area contributed by atoms with Crippen molar-refractivity contribution in [3.8, 4) is 5.75 Å². The maximum atomic E-state index is 12.9. The van der Waals surface area contributed by atoms with Gasteiger partial charge in [0.2, 0.25) is 0 Å². The molecule has 0 radical (unpaired) electrons. The minimum absolute atomic E-state index is 0.0234. The lowest BCUT2D eigenvalue weighted by Gasteiger charge is -2.23. The maximum Gasteiger partial charge on any atom is 0.324 e. The van der Waals surface area contributed by atoms with Crippen molar-refractivity contribution in [3.05, 3.63) is 57.6 Å². The van der Waals surface area contributed by atoms with E-state index < -0.39 is 38.0 Å². The Labute approximate surface area is 153 Å². The fraction of sp³-hybridized carbons (Fsp3) is 0.133. The fourth-order valence-corrected chi connectivity index (χ4v) is 3.83. The second-order valence-corrected chi connectivity index (χ2v) is 7.25. The number of hydrogen-bond acceptors (Lipinski definition) is 6. The smallest absolute Gasteiger partial charge is 0.324 e. The number of carboxylic acids is 1. The molecule has 0 atom stereocenters. The van der Waals surface area contributed by atoms with Crippen molar-refractivity contribution in [2.75, 3.05) is 18.0 Å². The van der Waals surface area contributed by atoms with E-state index in [1.807, 2.05) is 0 Å². The fourth-order valence-electron chi connectivity index (χ4n) is 2.13. The first-order valence-electron chi connectivity index (χ1n) is 6.99. The van der Waals surface area contributed by atoms with Crippen molar-refractivity contribution in [3.63, 3.8) is 0 Å². The molecule has 0 saturated heterocycles. The second kappa shape index (κ2) is 7.58. The molecule has 0 heterocycles. The molecule has 2 aromatic rings. The molecule has 2 aromatic carbocycles. The Morgan fingerprint density at radius 2 is 2.00 bits per heavy atom. The summed E-state index contributed by atoms with van der Waals surface area (Å²) in [5.41, 5.74) is -0.459. The van der Waals surface area contributed by atoms with E-state index in [1.54, 1.807) is 0 Å². The van der Waals surface area contributed by atoms with Crippen LogP contribution >= 0.6 is 11.6 Å². The van der Waals surface area contributed by atoms with E-state index in [-0.39, 0.29) is 16.5 Å². The Morgan fingerprint density at radius 3 is 2.54 bits per heavy atom. The standard InChI is InChI=1S/C15H13ClN2O7S/c1-25-14-6-5-10(8-13(14)16)17(9-15(19)20)26(23,24)12-4-2-3-11(7-12)18(21)22/h2-8H,9H2,1H3,(H,19,20). The number of rotatable bonds is 7. The summed E-state index contributed by atoms with van der Waals surface area (Å²) >= 11 is 5.99. The van der Waals surface area contributed by atoms with Crippen LogP contribution < -0.4 is 9.04 Å². The number of ether oxygens (including phenoxy) is 1. The first-order chi connectivity index (χ1) is 12.2. The first-order valence-corrected chi connectivity index (χ1v) is 8.81. The largest absolute Gasteiger partial charge is 0.495 e. The molecule has 2 rings (SSSR count). The van der Waals surface area contributed by atoms with Gasteiger partial charge in [-0.3, -0.25) is 19.2 Å². The third kappa shape index (κ3) is 4.03. The molecule has 0 aliphatic rings. The zero-order chi connectivity index (χ0) is 19.5. The number of anilines is 1. The van der Waals surface area contributed by atoms with Crippen LogP contribution in [0.15, 0.2) is 47.4 Å². The van der Waals surface area contributed by atoms with Crippen LogP contribution in [0.25, 0.3) is 0 Å². The van der Waals surface area contributed by atoms with E-state index in [1.165, 1.54) is 31.4 Å². The summed E-state index contributed by atoms with van der Waals surface area (Å²) in [4.78, 5) is 20.9. The van der Waals surface area contributed by atoms with Gasteiger partial charge in [0, 0.05) is 12.1 Å². The summed E-state index contributed by atoms with van der Waals surface area (Å²) in [6.07, 6.45) is 0. The van der Waals surface area contributed by atoms with E-state index >= 15 is 0 Å². The van der Waals surface area contributed by atoms with Crippen LogP contribution in [0.2, 0.25) is 5.02 Å². The van der Waals surface area contributed by atoms with E-state index in [4.69, 9.17) is 21.4 Å². The highest BCUT2D eigenvalue weighted by Crippen LogP contribution is 2.32. The maximum absolute atomic E-state index is 12.9. The Morgan fingerprint density at radius 1 is 1.31 bits per heavy atom. The molecule has 0 saturated carbocycles. The normalized spacial score (nSPS) is 11.0. The van der Waals surface area contributed by atoms with Crippen LogP contribution in [0.1, 0.15) is 0 Å². The predicted octanol–water partition coefficient (Wildman–Crippen LogP) is 2.54. The lowest BCUT2D eigenvalue weighted by atomic mass is 10.3. The molecule has 11 heteroatoms. The average molecular weight is 401 g/mol. The quantitative estimate of drug-likeness (QED) is 0.558. The van der Waals surface area contributed by atoms with Crippen LogP contribution in [0.4, 0.5) is 11.4 Å². The molecule has 1 N–H and O–H groups in total. The number of sulfonamides is 1. The number of non-ortho nitro benzene ring substituents is 1. The third-order valence-electron chi connectivity index (χ3n) is 3.32. The van der Waals surface area contributed by atoms with Crippen LogP contribution in [-0.4, -0.2) is 38.1 Å². The van der Waals surface area contributed by atoms with Crippen molar-refractivity contribution in [1.29, 1.82) is 0 Å². The zero-order valence-electron chi connectivity index (χ0n) is 13.3. The number of benzene rings is 2. The highest BCUT2D eigenvalue weighted by Gasteiger charge is 2.29. The van der Waals surface area contributed by atoms with E-state index in [2.05, 4.69) is 0 Å². The van der Waals surface area contributed by atoms with Gasteiger partial charge in [0.15, 0.2) is 0 Å².